The van der Waals surface area contributed by atoms with Crippen molar-refractivity contribution in [2.45, 2.75) is 378 Å². The fourth-order valence-electron chi connectivity index (χ4n) is 11.0. The highest BCUT2D eigenvalue weighted by atomic mass is 16.7. The van der Waals surface area contributed by atoms with Gasteiger partial charge in [-0.25, -0.2) is 0 Å². The second kappa shape index (κ2) is 59.0. The van der Waals surface area contributed by atoms with Crippen LogP contribution in [0.25, 0.3) is 0 Å². The molecule has 1 rings (SSSR count). The molecular weight excluding hydrogens is 1030 g/mol. The molecule has 11 heteroatoms. The fraction of sp³-hybridized carbons (Fsp3) is 0.859. The third-order valence-electron chi connectivity index (χ3n) is 16.5. The lowest BCUT2D eigenvalue weighted by molar-refractivity contribution is -0.305. The van der Waals surface area contributed by atoms with E-state index >= 15 is 0 Å². The number of aliphatic hydroxyl groups excluding tert-OH is 5. The molecule has 0 aromatic heterocycles. The van der Waals surface area contributed by atoms with E-state index in [1.54, 1.807) is 6.08 Å². The summed E-state index contributed by atoms with van der Waals surface area (Å²) in [6.45, 7) is 5.80. The van der Waals surface area contributed by atoms with Crippen molar-refractivity contribution < 1.29 is 49.3 Å². The lowest BCUT2D eigenvalue weighted by Crippen LogP contribution is -2.61. The lowest BCUT2D eigenvalue weighted by atomic mass is 9.99. The van der Waals surface area contributed by atoms with Crippen LogP contribution in [-0.2, 0) is 23.8 Å². The zero-order valence-electron chi connectivity index (χ0n) is 53.4. The van der Waals surface area contributed by atoms with Crippen molar-refractivity contribution in [2.24, 2.45) is 0 Å². The van der Waals surface area contributed by atoms with Crippen LogP contribution in [0.5, 0.6) is 0 Å². The quantitative estimate of drug-likeness (QED) is 0.0195. The SMILES string of the molecule is CCCCC/C=C\C/C=C\C/C=C\CCCCCCCCC(=O)OC1C(OCC(NC(=O)C(O)CCCCCCCCCCCCCCCCCCCCCCCC)C(O)/C=C/CCCCCCCCCCCC)OC(CO)C(O)C1O. The van der Waals surface area contributed by atoms with Crippen molar-refractivity contribution in [3.05, 3.63) is 48.6 Å². The average Bonchev–Trinajstić information content (AvgIpc) is 3.44. The summed E-state index contributed by atoms with van der Waals surface area (Å²) in [4.78, 5) is 26.6. The van der Waals surface area contributed by atoms with E-state index in [2.05, 4.69) is 62.5 Å². The summed E-state index contributed by atoms with van der Waals surface area (Å²) in [5, 5.41) is 57.2. The van der Waals surface area contributed by atoms with Crippen molar-refractivity contribution in [1.29, 1.82) is 0 Å². The van der Waals surface area contributed by atoms with Crippen LogP contribution in [0.1, 0.15) is 329 Å². The standard InChI is InChI=1S/C71H131NO10/c1-4-7-10-13-16-19-22-25-27-29-31-32-33-35-36-38-40-43-46-49-52-55-58-64(75)70(79)72-62(63(74)57-54-51-48-45-42-24-21-18-15-12-9-6-3)61-80-71-69(68(78)67(77)65(60-73)81-71)82-66(76)59-56-53-50-47-44-41-39-37-34-30-28-26-23-20-17-14-11-8-5-2/h17,20,26,28,34,37,54,57,62-65,67-69,71,73-75,77-78H,4-16,18-19,21-25,27,29-33,35-36,38-53,55-56,58-61H2,1-3H3,(H,72,79)/b20-17-,28-26-,37-34-,57-54+. The third-order valence-corrected chi connectivity index (χ3v) is 16.5. The molecule has 1 aliphatic heterocycles. The van der Waals surface area contributed by atoms with Crippen LogP contribution in [0.4, 0.5) is 0 Å². The van der Waals surface area contributed by atoms with E-state index in [0.29, 0.717) is 19.3 Å². The van der Waals surface area contributed by atoms with Crippen molar-refractivity contribution in [3.8, 4) is 0 Å². The molecule has 1 saturated heterocycles. The maximum atomic E-state index is 13.5. The predicted molar refractivity (Wildman–Crippen MR) is 343 cm³/mol. The van der Waals surface area contributed by atoms with Crippen LogP contribution >= 0.6 is 0 Å². The summed E-state index contributed by atoms with van der Waals surface area (Å²) in [5.74, 6) is -1.20. The van der Waals surface area contributed by atoms with Crippen LogP contribution in [0.2, 0.25) is 0 Å². The number of allylic oxidation sites excluding steroid dienone is 7. The number of aliphatic hydroxyl groups is 5. The first-order valence-electron chi connectivity index (χ1n) is 34.9. The summed E-state index contributed by atoms with van der Waals surface area (Å²) >= 11 is 0. The Morgan fingerprint density at radius 1 is 0.476 bits per heavy atom. The van der Waals surface area contributed by atoms with E-state index in [9.17, 15) is 35.1 Å². The smallest absolute Gasteiger partial charge is 0.306 e. The van der Waals surface area contributed by atoms with Crippen molar-refractivity contribution in [3.63, 3.8) is 0 Å². The van der Waals surface area contributed by atoms with Crippen molar-refractivity contribution >= 4 is 11.9 Å². The second-order valence-corrected chi connectivity index (χ2v) is 24.3. The summed E-state index contributed by atoms with van der Waals surface area (Å²) in [7, 11) is 0. The van der Waals surface area contributed by atoms with Gasteiger partial charge in [-0.3, -0.25) is 9.59 Å². The molecule has 0 bridgehead atoms. The Morgan fingerprint density at radius 2 is 0.841 bits per heavy atom. The Bertz CT molecular complexity index is 1520. The van der Waals surface area contributed by atoms with E-state index in [1.807, 2.05) is 6.08 Å². The van der Waals surface area contributed by atoms with Crippen LogP contribution in [-0.4, -0.2) is 99.6 Å². The number of amides is 1. The molecule has 8 atom stereocenters. The van der Waals surface area contributed by atoms with Gasteiger partial charge in [-0.05, 0) is 64.2 Å². The number of rotatable bonds is 60. The summed E-state index contributed by atoms with van der Waals surface area (Å²) in [5.41, 5.74) is 0. The average molecular weight is 1160 g/mol. The zero-order chi connectivity index (χ0) is 59.6. The van der Waals surface area contributed by atoms with E-state index in [-0.39, 0.29) is 13.0 Å². The second-order valence-electron chi connectivity index (χ2n) is 24.3. The first-order chi connectivity index (χ1) is 40.2. The van der Waals surface area contributed by atoms with Crippen LogP contribution in [0.15, 0.2) is 48.6 Å². The molecule has 6 N–H and O–H groups in total. The number of unbranched alkanes of at least 4 members (excludes halogenated alkanes) is 40. The molecule has 0 aromatic rings. The van der Waals surface area contributed by atoms with Gasteiger partial charge in [0, 0.05) is 6.42 Å². The molecule has 11 nitrogen and oxygen atoms in total. The third kappa shape index (κ3) is 45.9. The number of carbonyl (C=O) groups excluding carboxylic acids is 2. The largest absolute Gasteiger partial charge is 0.454 e. The van der Waals surface area contributed by atoms with Gasteiger partial charge in [-0.15, -0.1) is 0 Å². The molecule has 0 aromatic carbocycles. The normalized spacial score (nSPS) is 18.9. The molecule has 0 aliphatic carbocycles. The molecule has 1 amide bonds. The monoisotopic (exact) mass is 1160 g/mol. The van der Waals surface area contributed by atoms with Gasteiger partial charge in [0.25, 0.3) is 0 Å². The number of nitrogens with one attached hydrogen (secondary N) is 1. The molecule has 1 aliphatic rings. The predicted octanol–water partition coefficient (Wildman–Crippen LogP) is 17.6. The van der Waals surface area contributed by atoms with Gasteiger partial charge in [0.15, 0.2) is 12.4 Å². The molecule has 82 heavy (non-hydrogen) atoms. The van der Waals surface area contributed by atoms with Gasteiger partial charge < -0.3 is 45.1 Å². The number of hydrogen-bond acceptors (Lipinski definition) is 10. The number of carbonyl (C=O) groups is 2. The highest BCUT2D eigenvalue weighted by molar-refractivity contribution is 5.80. The van der Waals surface area contributed by atoms with Crippen LogP contribution < -0.4 is 5.32 Å². The Hall–Kier alpha value is -2.38. The fourth-order valence-corrected chi connectivity index (χ4v) is 11.0. The minimum absolute atomic E-state index is 0.110. The van der Waals surface area contributed by atoms with Crippen LogP contribution in [0, 0.1) is 0 Å². The van der Waals surface area contributed by atoms with E-state index in [4.69, 9.17) is 14.2 Å². The van der Waals surface area contributed by atoms with E-state index in [1.165, 1.54) is 193 Å². The first kappa shape index (κ1) is 77.6. The molecule has 0 radical (unpaired) electrons. The minimum Gasteiger partial charge on any atom is -0.454 e. The highest BCUT2D eigenvalue weighted by Gasteiger charge is 2.47. The lowest BCUT2D eigenvalue weighted by Gasteiger charge is -2.41. The van der Waals surface area contributed by atoms with Gasteiger partial charge in [-0.2, -0.15) is 0 Å². The maximum absolute atomic E-state index is 13.5. The Labute approximate surface area is 504 Å². The topological polar surface area (TPSA) is 175 Å². The van der Waals surface area contributed by atoms with Crippen molar-refractivity contribution in [1.82, 2.24) is 5.32 Å². The number of hydrogen-bond donors (Lipinski definition) is 6. The molecule has 0 saturated carbocycles. The Morgan fingerprint density at radius 3 is 1.28 bits per heavy atom. The maximum Gasteiger partial charge on any atom is 0.306 e. The summed E-state index contributed by atoms with van der Waals surface area (Å²) < 4.78 is 17.7. The van der Waals surface area contributed by atoms with Gasteiger partial charge in [-0.1, -0.05) is 307 Å². The Kier molecular flexibility index (Phi) is 55.8. The van der Waals surface area contributed by atoms with Gasteiger partial charge in [0.2, 0.25) is 5.91 Å². The zero-order valence-corrected chi connectivity index (χ0v) is 53.4. The van der Waals surface area contributed by atoms with Crippen LogP contribution in [0.3, 0.4) is 0 Å². The van der Waals surface area contributed by atoms with Gasteiger partial charge in [0.05, 0.1) is 25.4 Å². The molecular formula is C71H131NO10. The molecule has 1 heterocycles. The highest BCUT2D eigenvalue weighted by Crippen LogP contribution is 2.26. The minimum atomic E-state index is -1.62. The molecule has 480 valence electrons. The summed E-state index contributed by atoms with van der Waals surface area (Å²) in [6, 6.07) is -1.03. The first-order valence-corrected chi connectivity index (χ1v) is 34.9. The number of esters is 1. The summed E-state index contributed by atoms with van der Waals surface area (Å²) in [6.07, 6.45) is 62.9. The van der Waals surface area contributed by atoms with E-state index in [0.717, 1.165) is 89.9 Å². The van der Waals surface area contributed by atoms with Crippen molar-refractivity contribution in [2.75, 3.05) is 13.2 Å². The molecule has 0 spiro atoms. The number of ether oxygens (including phenoxy) is 3. The Balaban J connectivity index is 2.60. The van der Waals surface area contributed by atoms with Gasteiger partial charge >= 0.3 is 5.97 Å². The molecule has 8 unspecified atom stereocenters. The molecule has 1 fully saturated rings. The van der Waals surface area contributed by atoms with E-state index < -0.39 is 67.4 Å². The van der Waals surface area contributed by atoms with Gasteiger partial charge in [0.1, 0.15) is 24.4 Å².